The first-order valence-electron chi connectivity index (χ1n) is 14.9. The van der Waals surface area contributed by atoms with Crippen LogP contribution in [0.25, 0.3) is 10.9 Å². The summed E-state index contributed by atoms with van der Waals surface area (Å²) in [5.74, 6) is 5.60. The van der Waals surface area contributed by atoms with Crippen molar-refractivity contribution in [3.8, 4) is 11.8 Å². The van der Waals surface area contributed by atoms with Crippen molar-refractivity contribution in [2.75, 3.05) is 52.2 Å². The van der Waals surface area contributed by atoms with Gasteiger partial charge >= 0.3 is 0 Å². The van der Waals surface area contributed by atoms with E-state index in [2.05, 4.69) is 22.5 Å². The molecule has 1 aliphatic heterocycles. The van der Waals surface area contributed by atoms with Crippen molar-refractivity contribution < 1.29 is 23.1 Å². The molecule has 2 aromatic heterocycles. The van der Waals surface area contributed by atoms with E-state index in [0.29, 0.717) is 66.0 Å². The topological polar surface area (TPSA) is 103 Å². The molecule has 3 heterocycles. The molecule has 4 rings (SSSR count). The molecule has 1 atom stereocenters. The fourth-order valence-electron chi connectivity index (χ4n) is 5.96. The van der Waals surface area contributed by atoms with Gasteiger partial charge in [0.05, 0.1) is 47.1 Å². The first-order chi connectivity index (χ1) is 21.3. The van der Waals surface area contributed by atoms with Gasteiger partial charge in [0, 0.05) is 50.1 Å². The number of aryl methyl sites for hydroxylation is 2. The lowest BCUT2D eigenvalue weighted by atomic mass is 9.80. The minimum Gasteiger partial charge on any atom is -0.395 e. The number of likely N-dealkylation sites (tertiary alicyclic amines) is 1. The van der Waals surface area contributed by atoms with Gasteiger partial charge < -0.3 is 25.2 Å². The number of aliphatic hydroxyl groups excluding tert-OH is 1. The third kappa shape index (κ3) is 7.01. The normalized spacial score (nSPS) is 15.3. The average molecular weight is 627 g/mol. The van der Waals surface area contributed by atoms with Crippen molar-refractivity contribution in [1.82, 2.24) is 24.7 Å². The Hall–Kier alpha value is -3.92. The summed E-state index contributed by atoms with van der Waals surface area (Å²) in [7, 11) is 5.45. The maximum Gasteiger partial charge on any atom is 0.266 e. The van der Waals surface area contributed by atoms with Crippen LogP contribution in [0.2, 0.25) is 0 Å². The number of amides is 1. The van der Waals surface area contributed by atoms with Crippen molar-refractivity contribution >= 4 is 22.6 Å². The summed E-state index contributed by atoms with van der Waals surface area (Å²) in [4.78, 5) is 34.7. The molecule has 9 nitrogen and oxygen atoms in total. The molecule has 0 aliphatic carbocycles. The lowest BCUT2D eigenvalue weighted by Gasteiger charge is -2.42. The highest BCUT2D eigenvalue weighted by molar-refractivity contribution is 5.95. The highest BCUT2D eigenvalue weighted by Gasteiger charge is 2.39. The second kappa shape index (κ2) is 14.0. The Labute approximate surface area is 261 Å². The molecule has 3 N–H and O–H groups in total. The van der Waals surface area contributed by atoms with Crippen molar-refractivity contribution in [3.05, 3.63) is 68.4 Å². The number of carbonyl (C=O) groups excluding carboxylic acids is 1. The van der Waals surface area contributed by atoms with Crippen LogP contribution in [-0.4, -0.2) is 77.2 Å². The Balaban J connectivity index is 1.95. The van der Waals surface area contributed by atoms with E-state index < -0.39 is 29.4 Å². The summed E-state index contributed by atoms with van der Waals surface area (Å²) in [5.41, 5.74) is 0.325. The predicted molar refractivity (Wildman–Crippen MR) is 169 cm³/mol. The van der Waals surface area contributed by atoms with Crippen molar-refractivity contribution in [2.45, 2.75) is 51.6 Å². The van der Waals surface area contributed by atoms with Crippen LogP contribution in [0.15, 0.2) is 29.1 Å². The van der Waals surface area contributed by atoms with Crippen LogP contribution < -0.4 is 16.2 Å². The van der Waals surface area contributed by atoms with Crippen LogP contribution in [0.4, 0.5) is 19.0 Å². The third-order valence-electron chi connectivity index (χ3n) is 8.42. The molecule has 0 bridgehead atoms. The Morgan fingerprint density at radius 3 is 2.49 bits per heavy atom. The fraction of sp³-hybridized carbons (Fsp3) is 0.485. The molecule has 1 aromatic carbocycles. The van der Waals surface area contributed by atoms with Crippen LogP contribution in [0.5, 0.6) is 0 Å². The van der Waals surface area contributed by atoms with Gasteiger partial charge in [0.15, 0.2) is 0 Å². The molecular weight excluding hydrogens is 585 g/mol. The Morgan fingerprint density at radius 1 is 1.22 bits per heavy atom. The van der Waals surface area contributed by atoms with Crippen molar-refractivity contribution in [1.29, 1.82) is 0 Å². The predicted octanol–water partition coefficient (Wildman–Crippen LogP) is 3.82. The molecule has 1 aliphatic rings. The van der Waals surface area contributed by atoms with E-state index in [0.717, 1.165) is 6.07 Å². The number of piperidine rings is 1. The van der Waals surface area contributed by atoms with E-state index in [-0.39, 0.29) is 30.2 Å². The minimum absolute atomic E-state index is 0.0537. The van der Waals surface area contributed by atoms with E-state index in [1.165, 1.54) is 23.6 Å². The number of halogens is 3. The lowest BCUT2D eigenvalue weighted by Crippen LogP contribution is -2.55. The summed E-state index contributed by atoms with van der Waals surface area (Å²) in [6.45, 7) is 6.34. The number of hydrogen-bond donors (Lipinski definition) is 3. The summed E-state index contributed by atoms with van der Waals surface area (Å²) in [6.07, 6.45) is -2.09. The number of pyridine rings is 2. The summed E-state index contributed by atoms with van der Waals surface area (Å²) < 4.78 is 43.7. The van der Waals surface area contributed by atoms with Crippen molar-refractivity contribution in [3.63, 3.8) is 0 Å². The molecule has 1 fully saturated rings. The summed E-state index contributed by atoms with van der Waals surface area (Å²) in [6, 6.07) is 4.91. The van der Waals surface area contributed by atoms with Gasteiger partial charge in [-0.05, 0) is 46.9 Å². The molecule has 0 radical (unpaired) electrons. The molecular formula is C33H41F3N6O3. The largest absolute Gasteiger partial charge is 0.395 e. The molecule has 12 heteroatoms. The number of carbonyl (C=O) groups is 1. The molecule has 1 saturated heterocycles. The summed E-state index contributed by atoms with van der Waals surface area (Å²) >= 11 is 0. The van der Waals surface area contributed by atoms with Crippen LogP contribution in [0.3, 0.4) is 0 Å². The van der Waals surface area contributed by atoms with Crippen LogP contribution in [0, 0.1) is 24.6 Å². The Kier molecular flexibility index (Phi) is 10.6. The van der Waals surface area contributed by atoms with Gasteiger partial charge in [-0.2, -0.15) is 0 Å². The number of nitrogens with one attached hydrogen (secondary N) is 2. The van der Waals surface area contributed by atoms with Gasteiger partial charge in [-0.15, -0.1) is 0 Å². The molecule has 0 saturated carbocycles. The number of alkyl halides is 2. The van der Waals surface area contributed by atoms with E-state index in [1.807, 2.05) is 19.0 Å². The third-order valence-corrected chi connectivity index (χ3v) is 8.42. The first-order valence-corrected chi connectivity index (χ1v) is 14.9. The molecule has 242 valence electrons. The van der Waals surface area contributed by atoms with E-state index >= 15 is 4.39 Å². The zero-order valence-electron chi connectivity index (χ0n) is 26.6. The van der Waals surface area contributed by atoms with Gasteiger partial charge in [0.25, 0.3) is 12.0 Å². The minimum atomic E-state index is -2.97. The molecule has 45 heavy (non-hydrogen) atoms. The van der Waals surface area contributed by atoms with Crippen LogP contribution in [0.1, 0.15) is 67.1 Å². The average Bonchev–Trinajstić information content (AvgIpc) is 2.99. The summed E-state index contributed by atoms with van der Waals surface area (Å²) in [5, 5.41) is 16.8. The van der Waals surface area contributed by atoms with Crippen LogP contribution in [-0.2, 0) is 17.4 Å². The number of benzene rings is 1. The Morgan fingerprint density at radius 2 is 1.89 bits per heavy atom. The Bertz CT molecular complexity index is 1690. The van der Waals surface area contributed by atoms with Gasteiger partial charge in [-0.3, -0.25) is 14.5 Å². The van der Waals surface area contributed by atoms with Gasteiger partial charge in [0.2, 0.25) is 5.91 Å². The SMILES string of the molecule is CC(=O)N1CCC(NCCO)(c2cc3c(N[C@H](C)c4cccc(C(F)F)c4F)nc(C)c(C#CCN(C)C)c3n(C)c2=O)CC1. The molecule has 1 amide bonds. The number of aromatic nitrogens is 2. The zero-order valence-corrected chi connectivity index (χ0v) is 26.6. The van der Waals surface area contributed by atoms with Gasteiger partial charge in [0.1, 0.15) is 11.6 Å². The second-order valence-electron chi connectivity index (χ2n) is 11.8. The van der Waals surface area contributed by atoms with Gasteiger partial charge in [-0.1, -0.05) is 30.0 Å². The quantitative estimate of drug-likeness (QED) is 0.311. The number of rotatable bonds is 9. The zero-order chi connectivity index (χ0) is 33.1. The number of hydrogen-bond acceptors (Lipinski definition) is 7. The van der Waals surface area contributed by atoms with E-state index in [4.69, 9.17) is 4.98 Å². The maximum absolute atomic E-state index is 15.2. The smallest absolute Gasteiger partial charge is 0.266 e. The highest BCUT2D eigenvalue weighted by atomic mass is 19.3. The van der Waals surface area contributed by atoms with E-state index in [1.54, 1.807) is 31.9 Å². The second-order valence-corrected chi connectivity index (χ2v) is 11.8. The molecule has 0 unspecified atom stereocenters. The number of anilines is 1. The first kappa shape index (κ1) is 34.0. The monoisotopic (exact) mass is 626 g/mol. The standard InChI is InChI=1S/C33H41F3N6O3/c1-20(23-9-7-10-25(28(23)34)30(35)36)38-31-26-19-27(33(37-14-18-43)12-16-42(17-13-33)22(3)44)32(45)41(6)29(26)24(21(2)39-31)11-8-15-40(4)5/h7,9-10,19-20,30,37,43H,12-18H2,1-6H3,(H,38,39)/t20-/m1/s1. The van der Waals surface area contributed by atoms with Crippen molar-refractivity contribution in [2.24, 2.45) is 7.05 Å². The maximum atomic E-state index is 15.2. The van der Waals surface area contributed by atoms with Gasteiger partial charge in [-0.25, -0.2) is 18.2 Å². The number of nitrogens with zero attached hydrogens (tertiary/aromatic N) is 4. The molecule has 0 spiro atoms. The number of fused-ring (bicyclic) bond motifs is 1. The van der Waals surface area contributed by atoms with E-state index in [9.17, 15) is 23.5 Å². The van der Waals surface area contributed by atoms with Crippen LogP contribution >= 0.6 is 0 Å². The highest BCUT2D eigenvalue weighted by Crippen LogP contribution is 2.36. The number of aliphatic hydroxyl groups is 1. The fourth-order valence-corrected chi connectivity index (χ4v) is 5.96. The molecule has 3 aromatic rings. The lowest BCUT2D eigenvalue weighted by molar-refractivity contribution is -0.130.